The minimum Gasteiger partial charge on any atom is -0.303 e. The summed E-state index contributed by atoms with van der Waals surface area (Å²) in [5, 5.41) is 0. The molecule has 0 aromatic carbocycles. The molecule has 15 heavy (non-hydrogen) atoms. The molecular weight excluding hydrogens is 186 g/mol. The SMILES string of the molecule is CCCC(C)(C=O)CN(C)C(CC)CC. The number of carbonyl (C=O) groups is 1. The minimum absolute atomic E-state index is 0.161. The second-order valence-electron chi connectivity index (χ2n) is 4.91. The summed E-state index contributed by atoms with van der Waals surface area (Å²) in [5.74, 6) is 0. The van der Waals surface area contributed by atoms with Gasteiger partial charge in [-0.2, -0.15) is 0 Å². The van der Waals surface area contributed by atoms with Crippen molar-refractivity contribution in [2.24, 2.45) is 5.41 Å². The van der Waals surface area contributed by atoms with Crippen LogP contribution in [0.4, 0.5) is 0 Å². The van der Waals surface area contributed by atoms with Crippen molar-refractivity contribution in [3.8, 4) is 0 Å². The maximum Gasteiger partial charge on any atom is 0.127 e. The van der Waals surface area contributed by atoms with Crippen LogP contribution in [0, 0.1) is 5.41 Å². The van der Waals surface area contributed by atoms with Gasteiger partial charge >= 0.3 is 0 Å². The fourth-order valence-electron chi connectivity index (χ4n) is 2.36. The van der Waals surface area contributed by atoms with E-state index in [4.69, 9.17) is 0 Å². The van der Waals surface area contributed by atoms with Crippen LogP contribution in [-0.4, -0.2) is 30.8 Å². The first-order valence-corrected chi connectivity index (χ1v) is 6.19. The highest BCUT2D eigenvalue weighted by Crippen LogP contribution is 2.23. The summed E-state index contributed by atoms with van der Waals surface area (Å²) >= 11 is 0. The van der Waals surface area contributed by atoms with Crippen LogP contribution in [0.3, 0.4) is 0 Å². The minimum atomic E-state index is -0.161. The standard InChI is InChI=1S/C13H27NO/c1-6-9-13(4,11-15)10-14(5)12(7-2)8-3/h11-12H,6-10H2,1-5H3. The van der Waals surface area contributed by atoms with Crippen molar-refractivity contribution in [1.82, 2.24) is 4.90 Å². The number of hydrogen-bond acceptors (Lipinski definition) is 2. The van der Waals surface area contributed by atoms with Gasteiger partial charge in [0.25, 0.3) is 0 Å². The van der Waals surface area contributed by atoms with E-state index in [0.29, 0.717) is 6.04 Å². The Bertz CT molecular complexity index is 177. The lowest BCUT2D eigenvalue weighted by Crippen LogP contribution is -2.40. The predicted molar refractivity (Wildman–Crippen MR) is 66.1 cm³/mol. The normalized spacial score (nSPS) is 15.7. The summed E-state index contributed by atoms with van der Waals surface area (Å²) in [6.07, 6.45) is 5.52. The van der Waals surface area contributed by atoms with Crippen molar-refractivity contribution < 1.29 is 4.79 Å². The molecule has 1 atom stereocenters. The average Bonchev–Trinajstić information content (AvgIpc) is 2.20. The van der Waals surface area contributed by atoms with Crippen LogP contribution < -0.4 is 0 Å². The van der Waals surface area contributed by atoms with Gasteiger partial charge in [0.2, 0.25) is 0 Å². The molecule has 2 heteroatoms. The van der Waals surface area contributed by atoms with Gasteiger partial charge in [-0.05, 0) is 26.3 Å². The lowest BCUT2D eigenvalue weighted by atomic mass is 9.86. The molecule has 0 N–H and O–H groups in total. The van der Waals surface area contributed by atoms with Gasteiger partial charge in [0.15, 0.2) is 0 Å². The third kappa shape index (κ3) is 4.78. The lowest BCUT2D eigenvalue weighted by Gasteiger charge is -2.33. The van der Waals surface area contributed by atoms with Crippen LogP contribution in [0.25, 0.3) is 0 Å². The summed E-state index contributed by atoms with van der Waals surface area (Å²) in [7, 11) is 2.13. The van der Waals surface area contributed by atoms with E-state index in [1.807, 2.05) is 0 Å². The lowest BCUT2D eigenvalue weighted by molar-refractivity contribution is -0.117. The Labute approximate surface area is 95.0 Å². The van der Waals surface area contributed by atoms with Gasteiger partial charge < -0.3 is 9.69 Å². The van der Waals surface area contributed by atoms with Crippen molar-refractivity contribution in [3.05, 3.63) is 0 Å². The number of aldehydes is 1. The molecule has 1 unspecified atom stereocenters. The Kier molecular flexibility index (Phi) is 6.82. The maximum absolute atomic E-state index is 11.1. The van der Waals surface area contributed by atoms with Crippen molar-refractivity contribution in [2.75, 3.05) is 13.6 Å². The topological polar surface area (TPSA) is 20.3 Å². The highest BCUT2D eigenvalue weighted by molar-refractivity contribution is 5.58. The van der Waals surface area contributed by atoms with Crippen molar-refractivity contribution in [3.63, 3.8) is 0 Å². The predicted octanol–water partition coefficient (Wildman–Crippen LogP) is 3.11. The van der Waals surface area contributed by atoms with Crippen molar-refractivity contribution in [2.45, 2.75) is 59.4 Å². The van der Waals surface area contributed by atoms with Gasteiger partial charge in [0.1, 0.15) is 6.29 Å². The van der Waals surface area contributed by atoms with Crippen molar-refractivity contribution in [1.29, 1.82) is 0 Å². The third-order valence-electron chi connectivity index (χ3n) is 3.28. The van der Waals surface area contributed by atoms with E-state index in [-0.39, 0.29) is 5.41 Å². The molecule has 0 aliphatic rings. The molecule has 0 amide bonds. The van der Waals surface area contributed by atoms with Crippen LogP contribution in [0.15, 0.2) is 0 Å². The highest BCUT2D eigenvalue weighted by atomic mass is 16.1. The molecule has 2 nitrogen and oxygen atoms in total. The molecular formula is C13H27NO. The quantitative estimate of drug-likeness (QED) is 0.577. The van der Waals surface area contributed by atoms with Crippen LogP contribution in [0.5, 0.6) is 0 Å². The van der Waals surface area contributed by atoms with Gasteiger partial charge in [0, 0.05) is 18.0 Å². The largest absolute Gasteiger partial charge is 0.303 e. The molecule has 0 aromatic rings. The van der Waals surface area contributed by atoms with E-state index in [0.717, 1.165) is 38.5 Å². The summed E-state index contributed by atoms with van der Waals surface area (Å²) in [6, 6.07) is 0.612. The van der Waals surface area contributed by atoms with E-state index in [1.54, 1.807) is 0 Å². The number of carbonyl (C=O) groups excluding carboxylic acids is 1. The van der Waals surface area contributed by atoms with Gasteiger partial charge in [-0.3, -0.25) is 0 Å². The molecule has 0 aliphatic heterocycles. The maximum atomic E-state index is 11.1. The van der Waals surface area contributed by atoms with Gasteiger partial charge in [-0.25, -0.2) is 0 Å². The highest BCUT2D eigenvalue weighted by Gasteiger charge is 2.26. The summed E-state index contributed by atoms with van der Waals surface area (Å²) < 4.78 is 0. The van der Waals surface area contributed by atoms with E-state index in [2.05, 4.69) is 39.6 Å². The van der Waals surface area contributed by atoms with E-state index in [1.165, 1.54) is 0 Å². The second kappa shape index (κ2) is 7.00. The molecule has 0 fully saturated rings. The molecule has 0 heterocycles. The zero-order valence-electron chi connectivity index (χ0n) is 11.0. The summed E-state index contributed by atoms with van der Waals surface area (Å²) in [6.45, 7) is 9.52. The van der Waals surface area contributed by atoms with Crippen LogP contribution in [-0.2, 0) is 4.79 Å². The summed E-state index contributed by atoms with van der Waals surface area (Å²) in [5.41, 5.74) is -0.161. The molecule has 90 valence electrons. The second-order valence-corrected chi connectivity index (χ2v) is 4.91. The smallest absolute Gasteiger partial charge is 0.127 e. The Morgan fingerprint density at radius 3 is 2.13 bits per heavy atom. The molecule has 0 rings (SSSR count). The first-order valence-electron chi connectivity index (χ1n) is 6.19. The number of nitrogens with zero attached hydrogens (tertiary/aromatic N) is 1. The van der Waals surface area contributed by atoms with Gasteiger partial charge in [0.05, 0.1) is 0 Å². The Morgan fingerprint density at radius 1 is 1.27 bits per heavy atom. The van der Waals surface area contributed by atoms with Crippen LogP contribution in [0.1, 0.15) is 53.4 Å². The molecule has 0 radical (unpaired) electrons. The van der Waals surface area contributed by atoms with Gasteiger partial charge in [-0.15, -0.1) is 0 Å². The third-order valence-corrected chi connectivity index (χ3v) is 3.28. The van der Waals surface area contributed by atoms with E-state index >= 15 is 0 Å². The Morgan fingerprint density at radius 2 is 1.80 bits per heavy atom. The molecule has 0 bridgehead atoms. The van der Waals surface area contributed by atoms with E-state index < -0.39 is 0 Å². The van der Waals surface area contributed by atoms with Crippen LogP contribution in [0.2, 0.25) is 0 Å². The van der Waals surface area contributed by atoms with Gasteiger partial charge in [-0.1, -0.05) is 34.1 Å². The molecule has 0 saturated carbocycles. The molecule has 0 aliphatic carbocycles. The number of hydrogen-bond donors (Lipinski definition) is 0. The average molecular weight is 213 g/mol. The number of rotatable bonds is 8. The molecule has 0 saturated heterocycles. The zero-order chi connectivity index (χ0) is 11.9. The Hall–Kier alpha value is -0.370. The first kappa shape index (κ1) is 14.6. The summed E-state index contributed by atoms with van der Waals surface area (Å²) in [4.78, 5) is 13.5. The fraction of sp³-hybridized carbons (Fsp3) is 0.923. The zero-order valence-corrected chi connectivity index (χ0v) is 11.0. The van der Waals surface area contributed by atoms with Crippen LogP contribution >= 0.6 is 0 Å². The van der Waals surface area contributed by atoms with E-state index in [9.17, 15) is 4.79 Å². The first-order chi connectivity index (χ1) is 7.02. The fourth-order valence-corrected chi connectivity index (χ4v) is 2.36. The molecule has 0 spiro atoms. The Balaban J connectivity index is 4.33. The monoisotopic (exact) mass is 213 g/mol. The molecule has 0 aromatic heterocycles. The van der Waals surface area contributed by atoms with Crippen molar-refractivity contribution >= 4 is 6.29 Å².